The second-order valence-corrected chi connectivity index (χ2v) is 8.02. The zero-order chi connectivity index (χ0) is 15.4. The van der Waals surface area contributed by atoms with Gasteiger partial charge in [0.15, 0.2) is 0 Å². The van der Waals surface area contributed by atoms with Gasteiger partial charge in [0.2, 0.25) is 5.91 Å². The van der Waals surface area contributed by atoms with Crippen molar-refractivity contribution >= 4 is 33.3 Å². The number of amides is 1. The lowest BCUT2D eigenvalue weighted by molar-refractivity contribution is -0.128. The fraction of sp³-hybridized carbons (Fsp3) is 0.588. The summed E-state index contributed by atoms with van der Waals surface area (Å²) in [5.74, 6) is 1.23. The van der Waals surface area contributed by atoms with E-state index in [-0.39, 0.29) is 6.04 Å². The van der Waals surface area contributed by atoms with E-state index in [0.29, 0.717) is 18.4 Å². The highest BCUT2D eigenvalue weighted by Gasteiger charge is 2.39. The van der Waals surface area contributed by atoms with Gasteiger partial charge in [-0.3, -0.25) is 4.79 Å². The van der Waals surface area contributed by atoms with Gasteiger partial charge < -0.3 is 10.2 Å². The topological polar surface area (TPSA) is 58.1 Å². The quantitative estimate of drug-likeness (QED) is 0.941. The van der Waals surface area contributed by atoms with Crippen LogP contribution in [-0.4, -0.2) is 39.4 Å². The molecule has 1 N–H and O–H groups in total. The molecule has 2 fully saturated rings. The summed E-state index contributed by atoms with van der Waals surface area (Å²) in [6, 6.07) is 0.689. The van der Waals surface area contributed by atoms with E-state index in [1.165, 1.54) is 47.9 Å². The van der Waals surface area contributed by atoms with E-state index in [4.69, 9.17) is 0 Å². The van der Waals surface area contributed by atoms with Gasteiger partial charge in [0, 0.05) is 23.9 Å². The van der Waals surface area contributed by atoms with Gasteiger partial charge in [-0.2, -0.15) is 0 Å². The third-order valence-corrected chi connectivity index (χ3v) is 6.44. The number of nitrogens with one attached hydrogen (secondary N) is 1. The van der Waals surface area contributed by atoms with Gasteiger partial charge in [0.25, 0.3) is 0 Å². The predicted molar refractivity (Wildman–Crippen MR) is 90.8 cm³/mol. The van der Waals surface area contributed by atoms with E-state index in [9.17, 15) is 4.79 Å². The van der Waals surface area contributed by atoms with Crippen LogP contribution in [0.3, 0.4) is 0 Å². The molecule has 3 heterocycles. The number of rotatable bonds is 3. The smallest absolute Gasteiger partial charge is 0.225 e. The molecule has 2 aromatic heterocycles. The minimum Gasteiger partial charge on any atom is -0.364 e. The van der Waals surface area contributed by atoms with Crippen molar-refractivity contribution < 1.29 is 4.79 Å². The number of fused-ring (bicyclic) bond motifs is 3. The number of thiophene rings is 1. The van der Waals surface area contributed by atoms with Crippen LogP contribution in [-0.2, 0) is 17.6 Å². The zero-order valence-corrected chi connectivity index (χ0v) is 13.9. The molecule has 1 atom stereocenters. The van der Waals surface area contributed by atoms with Crippen LogP contribution >= 0.6 is 11.3 Å². The molecule has 0 aromatic carbocycles. The first-order valence-electron chi connectivity index (χ1n) is 8.61. The summed E-state index contributed by atoms with van der Waals surface area (Å²) < 4.78 is 0. The summed E-state index contributed by atoms with van der Waals surface area (Å²) in [6.45, 7) is 0.821. The number of anilines is 1. The van der Waals surface area contributed by atoms with E-state index < -0.39 is 0 Å². The highest BCUT2D eigenvalue weighted by molar-refractivity contribution is 7.19. The molecule has 0 bridgehead atoms. The third-order valence-electron chi connectivity index (χ3n) is 5.24. The number of nitrogens with zero attached hydrogens (tertiary/aromatic N) is 3. The Labute approximate surface area is 139 Å². The molecule has 2 aromatic rings. The van der Waals surface area contributed by atoms with Gasteiger partial charge in [-0.25, -0.2) is 9.97 Å². The second-order valence-electron chi connectivity index (χ2n) is 6.94. The minimum absolute atomic E-state index is 0.181. The van der Waals surface area contributed by atoms with Gasteiger partial charge >= 0.3 is 0 Å². The van der Waals surface area contributed by atoms with E-state index in [2.05, 4.69) is 20.2 Å². The molecule has 2 aliphatic carbocycles. The third kappa shape index (κ3) is 2.31. The average Bonchev–Trinajstić information content (AvgIpc) is 3.22. The van der Waals surface area contributed by atoms with Gasteiger partial charge in [0.1, 0.15) is 17.0 Å². The Bertz CT molecular complexity index is 782. The number of hydrogen-bond donors (Lipinski definition) is 1. The summed E-state index contributed by atoms with van der Waals surface area (Å²) in [5.41, 5.74) is 1.45. The number of aromatic nitrogens is 2. The number of aryl methyl sites for hydroxylation is 2. The molecule has 6 heteroatoms. The summed E-state index contributed by atoms with van der Waals surface area (Å²) in [6.07, 6.45) is 9.44. The summed E-state index contributed by atoms with van der Waals surface area (Å²) in [5, 5.41) is 4.77. The molecule has 1 amide bonds. The van der Waals surface area contributed by atoms with Crippen molar-refractivity contribution in [1.29, 1.82) is 0 Å². The summed E-state index contributed by atoms with van der Waals surface area (Å²) in [7, 11) is 0. The zero-order valence-electron chi connectivity index (χ0n) is 13.0. The van der Waals surface area contributed by atoms with Crippen LogP contribution in [0.2, 0.25) is 0 Å². The molecule has 5 nitrogen and oxygen atoms in total. The highest BCUT2D eigenvalue weighted by atomic mass is 32.1. The Balaban J connectivity index is 1.46. The Morgan fingerprint density at radius 2 is 2.09 bits per heavy atom. The molecule has 23 heavy (non-hydrogen) atoms. The van der Waals surface area contributed by atoms with E-state index in [1.54, 1.807) is 6.33 Å². The van der Waals surface area contributed by atoms with Gasteiger partial charge in [0.05, 0.1) is 11.4 Å². The fourth-order valence-corrected chi connectivity index (χ4v) is 5.19. The summed E-state index contributed by atoms with van der Waals surface area (Å²) in [4.78, 5) is 25.8. The molecule has 0 spiro atoms. The van der Waals surface area contributed by atoms with Crippen molar-refractivity contribution in [1.82, 2.24) is 14.9 Å². The summed E-state index contributed by atoms with van der Waals surface area (Å²) >= 11 is 1.82. The van der Waals surface area contributed by atoms with Crippen LogP contribution in [0.4, 0.5) is 5.82 Å². The minimum atomic E-state index is 0.181. The van der Waals surface area contributed by atoms with Gasteiger partial charge in [-0.15, -0.1) is 11.3 Å². The first-order valence-corrected chi connectivity index (χ1v) is 9.42. The van der Waals surface area contributed by atoms with Crippen molar-refractivity contribution in [2.45, 2.75) is 57.0 Å². The van der Waals surface area contributed by atoms with Crippen molar-refractivity contribution in [3.63, 3.8) is 0 Å². The first-order chi connectivity index (χ1) is 11.3. The van der Waals surface area contributed by atoms with Crippen LogP contribution in [0.5, 0.6) is 0 Å². The van der Waals surface area contributed by atoms with Crippen LogP contribution in [0.25, 0.3) is 10.2 Å². The lowest BCUT2D eigenvalue weighted by Gasteiger charge is -2.17. The van der Waals surface area contributed by atoms with Crippen molar-refractivity contribution in [3.8, 4) is 0 Å². The fourth-order valence-electron chi connectivity index (χ4n) is 3.96. The molecule has 1 aliphatic heterocycles. The van der Waals surface area contributed by atoms with Crippen LogP contribution in [0.1, 0.15) is 42.5 Å². The van der Waals surface area contributed by atoms with Crippen molar-refractivity contribution in [2.24, 2.45) is 0 Å². The van der Waals surface area contributed by atoms with Gasteiger partial charge in [-0.05, 0) is 44.1 Å². The van der Waals surface area contributed by atoms with E-state index >= 15 is 0 Å². The molecule has 0 radical (unpaired) electrons. The van der Waals surface area contributed by atoms with E-state index in [0.717, 1.165) is 23.6 Å². The van der Waals surface area contributed by atoms with E-state index in [1.807, 2.05) is 11.3 Å². The number of carbonyl (C=O) groups is 1. The normalized spacial score (nSPS) is 24.3. The second kappa shape index (κ2) is 5.16. The van der Waals surface area contributed by atoms with Crippen LogP contribution in [0, 0.1) is 0 Å². The molecular formula is C17H20N4OS. The first kappa shape index (κ1) is 13.7. The molecule has 1 saturated carbocycles. The largest absolute Gasteiger partial charge is 0.364 e. The SMILES string of the molecule is O=C1CC(Nc2ncnc3sc4c(c23)CCCC4)CN1C1CC1. The lowest BCUT2D eigenvalue weighted by atomic mass is 9.97. The number of likely N-dealkylation sites (tertiary alicyclic amines) is 1. The Kier molecular flexibility index (Phi) is 3.08. The Morgan fingerprint density at radius 1 is 1.22 bits per heavy atom. The molecule has 1 unspecified atom stereocenters. The van der Waals surface area contributed by atoms with Crippen molar-refractivity contribution in [2.75, 3.05) is 11.9 Å². The van der Waals surface area contributed by atoms with Crippen LogP contribution < -0.4 is 5.32 Å². The Morgan fingerprint density at radius 3 is 2.96 bits per heavy atom. The lowest BCUT2D eigenvalue weighted by Crippen LogP contribution is -2.30. The standard InChI is InChI=1S/C17H20N4OS/c22-14-7-10(8-21(14)11-5-6-11)20-16-15-12-3-1-2-4-13(12)23-17(15)19-9-18-16/h9-11H,1-8H2,(H,18,19,20). The molecule has 5 rings (SSSR count). The maximum atomic E-state index is 12.2. The number of hydrogen-bond acceptors (Lipinski definition) is 5. The molecular weight excluding hydrogens is 308 g/mol. The highest BCUT2D eigenvalue weighted by Crippen LogP contribution is 2.39. The number of carbonyl (C=O) groups excluding carboxylic acids is 1. The Hall–Kier alpha value is -1.69. The molecule has 120 valence electrons. The monoisotopic (exact) mass is 328 g/mol. The van der Waals surface area contributed by atoms with Crippen molar-refractivity contribution in [3.05, 3.63) is 16.8 Å². The van der Waals surface area contributed by atoms with Crippen LogP contribution in [0.15, 0.2) is 6.33 Å². The molecule has 1 saturated heterocycles. The predicted octanol–water partition coefficient (Wildman–Crippen LogP) is 2.75. The maximum absolute atomic E-state index is 12.2. The maximum Gasteiger partial charge on any atom is 0.225 e. The average molecular weight is 328 g/mol. The van der Waals surface area contributed by atoms with Gasteiger partial charge in [-0.1, -0.05) is 0 Å². The molecule has 3 aliphatic rings.